The summed E-state index contributed by atoms with van der Waals surface area (Å²) in [5.74, 6) is 1.73. The highest BCUT2D eigenvalue weighted by molar-refractivity contribution is 5.78. The number of nitrogens with one attached hydrogen (secondary N) is 1. The summed E-state index contributed by atoms with van der Waals surface area (Å²) >= 11 is 0. The summed E-state index contributed by atoms with van der Waals surface area (Å²) < 4.78 is 0. The minimum atomic E-state index is 0.268. The predicted molar refractivity (Wildman–Crippen MR) is 103 cm³/mol. The highest BCUT2D eigenvalue weighted by atomic mass is 16.2. The van der Waals surface area contributed by atoms with E-state index in [9.17, 15) is 9.59 Å². The van der Waals surface area contributed by atoms with Crippen LogP contribution >= 0.6 is 0 Å². The van der Waals surface area contributed by atoms with Gasteiger partial charge in [0.2, 0.25) is 11.8 Å². The van der Waals surface area contributed by atoms with Crippen LogP contribution in [-0.2, 0) is 9.59 Å². The van der Waals surface area contributed by atoms with Crippen molar-refractivity contribution < 1.29 is 9.59 Å². The van der Waals surface area contributed by atoms with E-state index in [1.165, 1.54) is 19.3 Å². The molecular formula is C20H36N4O2. The van der Waals surface area contributed by atoms with E-state index in [4.69, 9.17) is 0 Å². The van der Waals surface area contributed by atoms with Crippen molar-refractivity contribution in [3.8, 4) is 0 Å². The molecule has 3 fully saturated rings. The lowest BCUT2D eigenvalue weighted by Crippen LogP contribution is -2.52. The number of carbonyl (C=O) groups is 2. The maximum absolute atomic E-state index is 12.6. The Bertz CT molecular complexity index is 464. The monoisotopic (exact) mass is 364 g/mol. The van der Waals surface area contributed by atoms with Gasteiger partial charge in [0, 0.05) is 45.7 Å². The van der Waals surface area contributed by atoms with E-state index in [1.54, 1.807) is 0 Å². The molecule has 6 nitrogen and oxygen atoms in total. The van der Waals surface area contributed by atoms with Crippen LogP contribution in [0.15, 0.2) is 0 Å². The van der Waals surface area contributed by atoms with E-state index < -0.39 is 0 Å². The molecule has 0 bridgehead atoms. The van der Waals surface area contributed by atoms with Crippen LogP contribution in [0.2, 0.25) is 0 Å². The highest BCUT2D eigenvalue weighted by Gasteiger charge is 2.27. The summed E-state index contributed by atoms with van der Waals surface area (Å²) in [6, 6.07) is 0. The molecule has 1 unspecified atom stereocenters. The zero-order valence-electron chi connectivity index (χ0n) is 16.4. The first kappa shape index (κ1) is 19.6. The zero-order chi connectivity index (χ0) is 18.4. The van der Waals surface area contributed by atoms with Gasteiger partial charge in [-0.25, -0.2) is 0 Å². The van der Waals surface area contributed by atoms with Crippen LogP contribution in [0.3, 0.4) is 0 Å². The summed E-state index contributed by atoms with van der Waals surface area (Å²) in [4.78, 5) is 31.3. The van der Waals surface area contributed by atoms with Crippen molar-refractivity contribution in [2.24, 2.45) is 11.8 Å². The number of hydrogen-bond acceptors (Lipinski definition) is 4. The number of piperazine rings is 1. The quantitative estimate of drug-likeness (QED) is 0.796. The minimum absolute atomic E-state index is 0.268. The predicted octanol–water partition coefficient (Wildman–Crippen LogP) is 1.17. The van der Waals surface area contributed by atoms with E-state index in [0.29, 0.717) is 30.7 Å². The molecule has 3 saturated heterocycles. The Morgan fingerprint density at radius 3 is 2.15 bits per heavy atom. The fourth-order valence-corrected chi connectivity index (χ4v) is 4.57. The molecule has 148 valence electrons. The molecular weight excluding hydrogens is 328 g/mol. The number of amides is 2. The summed E-state index contributed by atoms with van der Waals surface area (Å²) in [5.41, 5.74) is 0. The lowest BCUT2D eigenvalue weighted by Gasteiger charge is -2.37. The van der Waals surface area contributed by atoms with Crippen LogP contribution in [0, 0.1) is 11.8 Å². The Balaban J connectivity index is 1.37. The summed E-state index contributed by atoms with van der Waals surface area (Å²) in [6.45, 7) is 9.97. The molecule has 6 heteroatoms. The maximum Gasteiger partial charge on any atom is 0.236 e. The van der Waals surface area contributed by atoms with Gasteiger partial charge in [0.1, 0.15) is 0 Å². The standard InChI is InChI=1S/C20H36N4O2/c1-17(18-5-7-21-8-6-18)15-19(25)24-13-11-22(12-14-24)16-20(26)23-9-3-2-4-10-23/h17-18,21H,2-16H2,1H3. The van der Waals surface area contributed by atoms with Gasteiger partial charge in [-0.1, -0.05) is 6.92 Å². The largest absolute Gasteiger partial charge is 0.342 e. The van der Waals surface area contributed by atoms with Crippen molar-refractivity contribution in [3.63, 3.8) is 0 Å². The molecule has 3 aliphatic rings. The van der Waals surface area contributed by atoms with E-state index >= 15 is 0 Å². The van der Waals surface area contributed by atoms with Crippen LogP contribution in [0.1, 0.15) is 45.4 Å². The van der Waals surface area contributed by atoms with Crippen LogP contribution in [0.5, 0.6) is 0 Å². The van der Waals surface area contributed by atoms with Gasteiger partial charge in [0.05, 0.1) is 6.54 Å². The highest BCUT2D eigenvalue weighted by Crippen LogP contribution is 2.25. The van der Waals surface area contributed by atoms with Gasteiger partial charge in [-0.3, -0.25) is 14.5 Å². The topological polar surface area (TPSA) is 55.9 Å². The molecule has 3 aliphatic heterocycles. The Kier molecular flexibility index (Phi) is 7.32. The van der Waals surface area contributed by atoms with Gasteiger partial charge >= 0.3 is 0 Å². The molecule has 2 amide bonds. The summed E-state index contributed by atoms with van der Waals surface area (Å²) in [6.07, 6.45) is 6.60. The molecule has 3 rings (SSSR count). The van der Waals surface area contributed by atoms with Gasteiger partial charge in [-0.2, -0.15) is 0 Å². The van der Waals surface area contributed by atoms with Crippen molar-refractivity contribution >= 4 is 11.8 Å². The molecule has 0 aromatic rings. The van der Waals surface area contributed by atoms with Crippen molar-refractivity contribution in [2.45, 2.75) is 45.4 Å². The third-order valence-electron chi connectivity index (χ3n) is 6.48. The van der Waals surface area contributed by atoms with Crippen LogP contribution < -0.4 is 5.32 Å². The molecule has 1 N–H and O–H groups in total. The number of piperidine rings is 2. The molecule has 26 heavy (non-hydrogen) atoms. The number of hydrogen-bond donors (Lipinski definition) is 1. The molecule has 0 saturated carbocycles. The van der Waals surface area contributed by atoms with Crippen molar-refractivity contribution in [2.75, 3.05) is 58.9 Å². The second kappa shape index (κ2) is 9.70. The fraction of sp³-hybridized carbons (Fsp3) is 0.900. The molecule has 0 radical (unpaired) electrons. The third kappa shape index (κ3) is 5.43. The van der Waals surface area contributed by atoms with Crippen molar-refractivity contribution in [1.29, 1.82) is 0 Å². The molecule has 1 atom stereocenters. The van der Waals surface area contributed by atoms with E-state index in [0.717, 1.165) is 65.2 Å². The first-order chi connectivity index (χ1) is 12.6. The van der Waals surface area contributed by atoms with Crippen LogP contribution in [0.25, 0.3) is 0 Å². The Labute approximate surface area is 158 Å². The van der Waals surface area contributed by atoms with Crippen molar-refractivity contribution in [1.82, 2.24) is 20.0 Å². The second-order valence-electron chi connectivity index (χ2n) is 8.37. The summed E-state index contributed by atoms with van der Waals surface area (Å²) in [7, 11) is 0. The van der Waals surface area contributed by atoms with E-state index in [2.05, 4.69) is 17.1 Å². The fourth-order valence-electron chi connectivity index (χ4n) is 4.57. The molecule has 0 spiro atoms. The molecule has 3 heterocycles. The third-order valence-corrected chi connectivity index (χ3v) is 6.48. The second-order valence-corrected chi connectivity index (χ2v) is 8.37. The van der Waals surface area contributed by atoms with Gasteiger partial charge in [-0.15, -0.1) is 0 Å². The first-order valence-corrected chi connectivity index (χ1v) is 10.6. The van der Waals surface area contributed by atoms with E-state index in [-0.39, 0.29) is 5.91 Å². The smallest absolute Gasteiger partial charge is 0.236 e. The average Bonchev–Trinajstić information content (AvgIpc) is 2.69. The van der Waals surface area contributed by atoms with Gasteiger partial charge in [-0.05, 0) is 57.0 Å². The molecule has 0 aliphatic carbocycles. The Morgan fingerprint density at radius 1 is 0.885 bits per heavy atom. The van der Waals surface area contributed by atoms with Gasteiger partial charge in [0.15, 0.2) is 0 Å². The zero-order valence-corrected chi connectivity index (χ0v) is 16.4. The number of rotatable bonds is 5. The van der Waals surface area contributed by atoms with Crippen LogP contribution in [0.4, 0.5) is 0 Å². The SMILES string of the molecule is CC(CC(=O)N1CCN(CC(=O)N2CCCCC2)CC1)C1CCNCC1. The first-order valence-electron chi connectivity index (χ1n) is 10.6. The molecule has 0 aromatic heterocycles. The Morgan fingerprint density at radius 2 is 1.50 bits per heavy atom. The molecule has 0 aromatic carbocycles. The lowest BCUT2D eigenvalue weighted by molar-refractivity contribution is -0.136. The summed E-state index contributed by atoms with van der Waals surface area (Å²) in [5, 5.41) is 3.40. The van der Waals surface area contributed by atoms with Gasteiger partial charge < -0.3 is 15.1 Å². The Hall–Kier alpha value is -1.14. The van der Waals surface area contributed by atoms with E-state index in [1.807, 2.05) is 9.80 Å². The number of likely N-dealkylation sites (tertiary alicyclic amines) is 1. The average molecular weight is 365 g/mol. The van der Waals surface area contributed by atoms with Crippen LogP contribution in [-0.4, -0.2) is 85.4 Å². The lowest BCUT2D eigenvalue weighted by atomic mass is 9.84. The maximum atomic E-state index is 12.6. The normalized spacial score (nSPS) is 24.5. The van der Waals surface area contributed by atoms with Crippen molar-refractivity contribution in [3.05, 3.63) is 0 Å². The van der Waals surface area contributed by atoms with Gasteiger partial charge in [0.25, 0.3) is 0 Å². The minimum Gasteiger partial charge on any atom is -0.342 e. The number of carbonyl (C=O) groups excluding carboxylic acids is 2. The number of nitrogens with zero attached hydrogens (tertiary/aromatic N) is 3.